The molecule has 2 heteroatoms. The Balaban J connectivity index is 2.34. The molecule has 0 amide bonds. The lowest BCUT2D eigenvalue weighted by Crippen LogP contribution is -2.15. The number of carbonyl (C=O) groups is 1. The Morgan fingerprint density at radius 1 is 1.11 bits per heavy atom. The highest BCUT2D eigenvalue weighted by Crippen LogP contribution is 2.26. The minimum atomic E-state index is -0.219. The zero-order valence-corrected chi connectivity index (χ0v) is 11.5. The van der Waals surface area contributed by atoms with Crippen molar-refractivity contribution < 1.29 is 9.53 Å². The summed E-state index contributed by atoms with van der Waals surface area (Å²) in [6.45, 7) is 2.12. The van der Waals surface area contributed by atoms with Gasteiger partial charge in [0, 0.05) is 0 Å². The van der Waals surface area contributed by atoms with E-state index in [0.717, 1.165) is 36.1 Å². The lowest BCUT2D eigenvalue weighted by molar-refractivity contribution is -0.138. The highest BCUT2D eigenvalue weighted by molar-refractivity contribution is 5.92. The van der Waals surface area contributed by atoms with Crippen LogP contribution in [0.5, 0.6) is 0 Å². The Labute approximate surface area is 114 Å². The van der Waals surface area contributed by atoms with Crippen LogP contribution in [0.1, 0.15) is 31.7 Å². The molecule has 0 aliphatic rings. The fourth-order valence-electron chi connectivity index (χ4n) is 2.22. The number of carbonyl (C=O) groups excluding carboxylic acids is 1. The first-order chi connectivity index (χ1) is 9.26. The van der Waals surface area contributed by atoms with Gasteiger partial charge in [0.1, 0.15) is 5.92 Å². The molecule has 1 radical (unpaired) electrons. The van der Waals surface area contributed by atoms with Crippen molar-refractivity contribution in [3.05, 3.63) is 53.9 Å². The van der Waals surface area contributed by atoms with Crippen LogP contribution in [0.2, 0.25) is 0 Å². The fraction of sp³-hybridized carbons (Fsp3) is 0.294. The molecule has 0 spiro atoms. The van der Waals surface area contributed by atoms with E-state index in [0.29, 0.717) is 0 Å². The van der Waals surface area contributed by atoms with Crippen molar-refractivity contribution in [3.63, 3.8) is 0 Å². The minimum Gasteiger partial charge on any atom is -0.468 e. The van der Waals surface area contributed by atoms with Gasteiger partial charge in [-0.2, -0.15) is 0 Å². The van der Waals surface area contributed by atoms with Gasteiger partial charge in [-0.1, -0.05) is 56.2 Å². The summed E-state index contributed by atoms with van der Waals surface area (Å²) in [5.41, 5.74) is 0.971. The molecule has 0 heterocycles. The van der Waals surface area contributed by atoms with Gasteiger partial charge in [-0.15, -0.1) is 0 Å². The van der Waals surface area contributed by atoms with Crippen molar-refractivity contribution in [1.82, 2.24) is 0 Å². The number of ether oxygens (including phenoxy) is 1. The molecule has 0 saturated heterocycles. The first kappa shape index (κ1) is 13.6. The molecule has 0 unspecified atom stereocenters. The maximum absolute atomic E-state index is 11.9. The zero-order valence-electron chi connectivity index (χ0n) is 11.5. The normalized spacial score (nSPS) is 10.9. The van der Waals surface area contributed by atoms with Crippen LogP contribution in [-0.4, -0.2) is 13.1 Å². The third kappa shape index (κ3) is 3.14. The summed E-state index contributed by atoms with van der Waals surface area (Å²) in [7, 11) is 1.44. The van der Waals surface area contributed by atoms with E-state index in [1.807, 2.05) is 18.2 Å². The molecule has 0 aliphatic carbocycles. The number of benzene rings is 2. The van der Waals surface area contributed by atoms with Gasteiger partial charge in [0.2, 0.25) is 0 Å². The lowest BCUT2D eigenvalue weighted by Gasteiger charge is -2.14. The van der Waals surface area contributed by atoms with E-state index in [2.05, 4.69) is 31.2 Å². The van der Waals surface area contributed by atoms with Crippen molar-refractivity contribution in [2.45, 2.75) is 26.2 Å². The van der Waals surface area contributed by atoms with Crippen molar-refractivity contribution in [1.29, 1.82) is 0 Å². The summed E-state index contributed by atoms with van der Waals surface area (Å²) in [6.07, 6.45) is 2.83. The molecular weight excluding hydrogens is 236 g/mol. The van der Waals surface area contributed by atoms with E-state index in [1.54, 1.807) is 0 Å². The first-order valence-electron chi connectivity index (χ1n) is 6.69. The monoisotopic (exact) mass is 255 g/mol. The quantitative estimate of drug-likeness (QED) is 0.751. The predicted octanol–water partition coefficient (Wildman–Crippen LogP) is 4.13. The van der Waals surface area contributed by atoms with Crippen molar-refractivity contribution in [2.24, 2.45) is 0 Å². The molecule has 0 aromatic heterocycles. The van der Waals surface area contributed by atoms with Gasteiger partial charge in [-0.05, 0) is 28.8 Å². The molecule has 2 nitrogen and oxygen atoms in total. The SMILES string of the molecule is CCCC[C](C(=O)OC)c1ccc2ccccc2c1. The van der Waals surface area contributed by atoms with Gasteiger partial charge < -0.3 is 4.74 Å². The Kier molecular flexibility index (Phi) is 4.56. The molecule has 0 bridgehead atoms. The zero-order chi connectivity index (χ0) is 13.7. The molecular formula is C17H19O2. The van der Waals surface area contributed by atoms with Crippen LogP contribution >= 0.6 is 0 Å². The maximum atomic E-state index is 11.9. The van der Waals surface area contributed by atoms with Crippen molar-refractivity contribution in [3.8, 4) is 0 Å². The highest BCUT2D eigenvalue weighted by atomic mass is 16.5. The van der Waals surface area contributed by atoms with Crippen LogP contribution in [0.4, 0.5) is 0 Å². The van der Waals surface area contributed by atoms with Gasteiger partial charge >= 0.3 is 5.97 Å². The molecule has 99 valence electrons. The van der Waals surface area contributed by atoms with Crippen molar-refractivity contribution in [2.75, 3.05) is 7.11 Å². The number of hydrogen-bond donors (Lipinski definition) is 0. The third-order valence-electron chi connectivity index (χ3n) is 3.31. The van der Waals surface area contributed by atoms with E-state index in [4.69, 9.17) is 4.74 Å². The largest absolute Gasteiger partial charge is 0.468 e. The van der Waals surface area contributed by atoms with E-state index in [9.17, 15) is 4.79 Å². The first-order valence-corrected chi connectivity index (χ1v) is 6.69. The molecule has 0 atom stereocenters. The molecule has 0 fully saturated rings. The molecule has 0 saturated carbocycles. The van der Waals surface area contributed by atoms with E-state index in [1.165, 1.54) is 12.5 Å². The predicted molar refractivity (Wildman–Crippen MR) is 77.8 cm³/mol. The summed E-state index contributed by atoms with van der Waals surface area (Å²) in [6, 6.07) is 14.3. The second-order valence-corrected chi connectivity index (χ2v) is 4.64. The smallest absolute Gasteiger partial charge is 0.317 e. The van der Waals surface area contributed by atoms with Crippen LogP contribution < -0.4 is 0 Å². The standard InChI is InChI=1S/C17H19O2/c1-3-4-9-16(17(18)19-2)15-11-10-13-7-5-6-8-14(13)12-15/h5-8,10-12H,3-4,9H2,1-2H3. The average Bonchev–Trinajstić information content (AvgIpc) is 2.47. The van der Waals surface area contributed by atoms with Gasteiger partial charge in [-0.3, -0.25) is 4.79 Å². The van der Waals surface area contributed by atoms with Gasteiger partial charge in [0.15, 0.2) is 0 Å². The number of esters is 1. The molecule has 0 N–H and O–H groups in total. The van der Waals surface area contributed by atoms with Crippen LogP contribution in [0, 0.1) is 5.92 Å². The van der Waals surface area contributed by atoms with Crippen LogP contribution in [0.3, 0.4) is 0 Å². The molecule has 2 aromatic rings. The number of fused-ring (bicyclic) bond motifs is 1. The number of methoxy groups -OCH3 is 1. The summed E-state index contributed by atoms with van der Waals surface area (Å²) in [4.78, 5) is 11.9. The summed E-state index contributed by atoms with van der Waals surface area (Å²) in [5, 5.41) is 2.34. The second-order valence-electron chi connectivity index (χ2n) is 4.64. The summed E-state index contributed by atoms with van der Waals surface area (Å²) in [5.74, 6) is 0.554. The number of unbranched alkanes of at least 4 members (excludes halogenated alkanes) is 1. The average molecular weight is 255 g/mol. The number of hydrogen-bond acceptors (Lipinski definition) is 2. The fourth-order valence-corrected chi connectivity index (χ4v) is 2.22. The van der Waals surface area contributed by atoms with E-state index in [-0.39, 0.29) is 5.97 Å². The van der Waals surface area contributed by atoms with E-state index < -0.39 is 0 Å². The van der Waals surface area contributed by atoms with E-state index >= 15 is 0 Å². The molecule has 2 rings (SSSR count). The van der Waals surface area contributed by atoms with Crippen molar-refractivity contribution >= 4 is 16.7 Å². The topological polar surface area (TPSA) is 26.3 Å². The second kappa shape index (κ2) is 6.37. The minimum absolute atomic E-state index is 0.219. The summed E-state index contributed by atoms with van der Waals surface area (Å²) < 4.78 is 4.90. The van der Waals surface area contributed by atoms with Crippen LogP contribution in [-0.2, 0) is 9.53 Å². The third-order valence-corrected chi connectivity index (χ3v) is 3.31. The Bertz CT molecular complexity index is 560. The Morgan fingerprint density at radius 3 is 2.53 bits per heavy atom. The maximum Gasteiger partial charge on any atom is 0.317 e. The van der Waals surface area contributed by atoms with Gasteiger partial charge in [0.05, 0.1) is 7.11 Å². The molecule has 0 aliphatic heterocycles. The number of rotatable bonds is 5. The molecule has 19 heavy (non-hydrogen) atoms. The van der Waals surface area contributed by atoms with Gasteiger partial charge in [0.25, 0.3) is 0 Å². The highest BCUT2D eigenvalue weighted by Gasteiger charge is 2.21. The Hall–Kier alpha value is -1.83. The van der Waals surface area contributed by atoms with Gasteiger partial charge in [-0.25, -0.2) is 0 Å². The van der Waals surface area contributed by atoms with Crippen LogP contribution in [0.15, 0.2) is 42.5 Å². The molecule has 2 aromatic carbocycles. The summed E-state index contributed by atoms with van der Waals surface area (Å²) >= 11 is 0. The Morgan fingerprint density at radius 2 is 1.84 bits per heavy atom. The lowest BCUT2D eigenvalue weighted by atomic mass is 9.92. The van der Waals surface area contributed by atoms with Crippen LogP contribution in [0.25, 0.3) is 10.8 Å².